The van der Waals surface area contributed by atoms with Crippen molar-refractivity contribution in [2.24, 2.45) is 5.92 Å². The first kappa shape index (κ1) is 12.0. The Balaban J connectivity index is 1.70. The Labute approximate surface area is 120 Å². The molecule has 0 aliphatic carbocycles. The summed E-state index contributed by atoms with van der Waals surface area (Å²) in [6.45, 7) is 3.21. The van der Waals surface area contributed by atoms with Crippen LogP contribution >= 0.6 is 11.3 Å². The van der Waals surface area contributed by atoms with Crippen LogP contribution in [0.25, 0.3) is 21.6 Å². The van der Waals surface area contributed by atoms with E-state index in [1.807, 2.05) is 11.4 Å². The van der Waals surface area contributed by atoms with Gasteiger partial charge >= 0.3 is 0 Å². The van der Waals surface area contributed by atoms with Crippen molar-refractivity contribution < 1.29 is 4.52 Å². The van der Waals surface area contributed by atoms with Crippen molar-refractivity contribution in [2.45, 2.75) is 19.4 Å². The van der Waals surface area contributed by atoms with Gasteiger partial charge in [0.05, 0.1) is 16.3 Å². The van der Waals surface area contributed by atoms with Crippen LogP contribution in [0.3, 0.4) is 0 Å². The molecule has 0 aromatic carbocycles. The van der Waals surface area contributed by atoms with Gasteiger partial charge in [-0.3, -0.25) is 4.98 Å². The highest BCUT2D eigenvalue weighted by Gasteiger charge is 2.29. The number of hydrogen-bond donors (Lipinski definition) is 1. The van der Waals surface area contributed by atoms with E-state index in [-0.39, 0.29) is 6.04 Å². The van der Waals surface area contributed by atoms with E-state index in [4.69, 9.17) is 4.52 Å². The molecule has 4 heterocycles. The van der Waals surface area contributed by atoms with Crippen LogP contribution in [0.5, 0.6) is 0 Å². The minimum Gasteiger partial charge on any atom is -0.337 e. The first-order valence-electron chi connectivity index (χ1n) is 6.72. The van der Waals surface area contributed by atoms with E-state index in [1.54, 1.807) is 17.5 Å². The number of aromatic nitrogens is 3. The third kappa shape index (κ3) is 1.92. The molecule has 0 spiro atoms. The van der Waals surface area contributed by atoms with E-state index in [0.717, 1.165) is 28.7 Å². The molecule has 0 amide bonds. The summed E-state index contributed by atoms with van der Waals surface area (Å²) >= 11 is 1.67. The molecule has 0 saturated carbocycles. The van der Waals surface area contributed by atoms with Gasteiger partial charge in [-0.2, -0.15) is 4.98 Å². The topological polar surface area (TPSA) is 63.8 Å². The molecule has 1 aliphatic rings. The van der Waals surface area contributed by atoms with Crippen LogP contribution < -0.4 is 5.32 Å². The van der Waals surface area contributed by atoms with E-state index in [1.165, 1.54) is 0 Å². The molecule has 3 aromatic heterocycles. The zero-order valence-corrected chi connectivity index (χ0v) is 11.9. The average Bonchev–Trinajstić information content (AvgIpc) is 3.17. The molecule has 1 N–H and O–H groups in total. The van der Waals surface area contributed by atoms with E-state index in [2.05, 4.69) is 33.4 Å². The number of nitrogens with one attached hydrogen (secondary N) is 1. The minimum absolute atomic E-state index is 0.176. The molecule has 20 heavy (non-hydrogen) atoms. The molecule has 1 fully saturated rings. The van der Waals surface area contributed by atoms with Gasteiger partial charge < -0.3 is 9.84 Å². The first-order valence-corrected chi connectivity index (χ1v) is 7.60. The van der Waals surface area contributed by atoms with Gasteiger partial charge in [0.1, 0.15) is 0 Å². The summed E-state index contributed by atoms with van der Waals surface area (Å²) in [6, 6.07) is 4.25. The quantitative estimate of drug-likeness (QED) is 0.784. The van der Waals surface area contributed by atoms with Gasteiger partial charge in [-0.05, 0) is 36.4 Å². The molecule has 5 nitrogen and oxygen atoms in total. The summed E-state index contributed by atoms with van der Waals surface area (Å²) in [5.74, 6) is 1.82. The number of nitrogens with zero attached hydrogens (tertiary/aromatic N) is 3. The number of pyridine rings is 1. The largest absolute Gasteiger partial charge is 0.337 e. The predicted octanol–water partition coefficient (Wildman–Crippen LogP) is 3.02. The maximum Gasteiger partial charge on any atom is 0.244 e. The molecule has 1 saturated heterocycles. The molecule has 0 bridgehead atoms. The SMILES string of the molecule is CC1CCNC1c1nc(-c2cnc3ccsc3c2)no1. The average molecular weight is 286 g/mol. The van der Waals surface area contributed by atoms with Crippen molar-refractivity contribution >= 4 is 21.6 Å². The number of thiophene rings is 1. The fourth-order valence-electron chi connectivity index (χ4n) is 2.61. The summed E-state index contributed by atoms with van der Waals surface area (Å²) in [5.41, 5.74) is 1.91. The van der Waals surface area contributed by atoms with Crippen LogP contribution in [0, 0.1) is 5.92 Å². The molecular weight excluding hydrogens is 272 g/mol. The van der Waals surface area contributed by atoms with Gasteiger partial charge in [-0.15, -0.1) is 11.3 Å². The second-order valence-corrected chi connectivity index (χ2v) is 6.13. The van der Waals surface area contributed by atoms with E-state index < -0.39 is 0 Å². The van der Waals surface area contributed by atoms with Crippen LogP contribution in [-0.2, 0) is 0 Å². The zero-order chi connectivity index (χ0) is 13.5. The van der Waals surface area contributed by atoms with E-state index in [9.17, 15) is 0 Å². The molecule has 6 heteroatoms. The van der Waals surface area contributed by atoms with Gasteiger partial charge in [0.2, 0.25) is 11.7 Å². The Bertz CT molecular complexity index is 750. The summed E-state index contributed by atoms with van der Waals surface area (Å²) in [4.78, 5) is 8.94. The number of rotatable bonds is 2. The summed E-state index contributed by atoms with van der Waals surface area (Å²) in [7, 11) is 0. The summed E-state index contributed by atoms with van der Waals surface area (Å²) in [6.07, 6.45) is 2.94. The standard InChI is InChI=1S/C14H14N4OS/c1-8-2-4-15-12(8)14-17-13(18-19-14)9-6-11-10(16-7-9)3-5-20-11/h3,5-8,12,15H,2,4H2,1H3. The lowest BCUT2D eigenvalue weighted by Gasteiger charge is -2.09. The molecule has 1 aliphatic heterocycles. The normalized spacial score (nSPS) is 22.6. The highest BCUT2D eigenvalue weighted by Crippen LogP contribution is 2.30. The molecule has 3 aromatic rings. The third-order valence-electron chi connectivity index (χ3n) is 3.80. The van der Waals surface area contributed by atoms with Gasteiger partial charge in [0.15, 0.2) is 0 Å². The monoisotopic (exact) mass is 286 g/mol. The first-order chi connectivity index (χ1) is 9.81. The Morgan fingerprint density at radius 1 is 1.45 bits per heavy atom. The molecule has 2 unspecified atom stereocenters. The Hall–Kier alpha value is -1.79. The highest BCUT2D eigenvalue weighted by molar-refractivity contribution is 7.17. The number of fused-ring (bicyclic) bond motifs is 1. The van der Waals surface area contributed by atoms with Crippen LogP contribution in [0.15, 0.2) is 28.2 Å². The molecule has 4 rings (SSSR count). The van der Waals surface area contributed by atoms with Crippen molar-refractivity contribution in [1.29, 1.82) is 0 Å². The minimum atomic E-state index is 0.176. The molecule has 2 atom stereocenters. The van der Waals surface area contributed by atoms with Gasteiger partial charge in [-0.1, -0.05) is 12.1 Å². The third-order valence-corrected chi connectivity index (χ3v) is 4.65. The van der Waals surface area contributed by atoms with Gasteiger partial charge in [0, 0.05) is 11.8 Å². The summed E-state index contributed by atoms with van der Waals surface area (Å²) < 4.78 is 6.56. The lowest BCUT2D eigenvalue weighted by molar-refractivity contribution is 0.319. The molecule has 102 valence electrons. The maximum atomic E-state index is 5.42. The van der Waals surface area contributed by atoms with Crippen molar-refractivity contribution in [3.63, 3.8) is 0 Å². The van der Waals surface area contributed by atoms with Crippen molar-refractivity contribution in [1.82, 2.24) is 20.4 Å². The van der Waals surface area contributed by atoms with Crippen LogP contribution in [0.2, 0.25) is 0 Å². The van der Waals surface area contributed by atoms with Crippen LogP contribution in [0.4, 0.5) is 0 Å². The maximum absolute atomic E-state index is 5.42. The van der Waals surface area contributed by atoms with Gasteiger partial charge in [-0.25, -0.2) is 0 Å². The number of hydrogen-bond acceptors (Lipinski definition) is 6. The Morgan fingerprint density at radius 3 is 3.25 bits per heavy atom. The van der Waals surface area contributed by atoms with Crippen molar-refractivity contribution in [3.8, 4) is 11.4 Å². The lowest BCUT2D eigenvalue weighted by Crippen LogP contribution is -2.16. The highest BCUT2D eigenvalue weighted by atomic mass is 32.1. The van der Waals surface area contributed by atoms with Crippen molar-refractivity contribution in [2.75, 3.05) is 6.54 Å². The van der Waals surface area contributed by atoms with E-state index in [0.29, 0.717) is 17.6 Å². The van der Waals surface area contributed by atoms with Gasteiger partial charge in [0.25, 0.3) is 0 Å². The Morgan fingerprint density at radius 2 is 2.40 bits per heavy atom. The summed E-state index contributed by atoms with van der Waals surface area (Å²) in [5, 5.41) is 9.53. The smallest absolute Gasteiger partial charge is 0.244 e. The van der Waals surface area contributed by atoms with Crippen LogP contribution in [0.1, 0.15) is 25.3 Å². The zero-order valence-electron chi connectivity index (χ0n) is 11.0. The van der Waals surface area contributed by atoms with E-state index >= 15 is 0 Å². The van der Waals surface area contributed by atoms with Crippen LogP contribution in [-0.4, -0.2) is 21.7 Å². The molecule has 0 radical (unpaired) electrons. The second-order valence-electron chi connectivity index (χ2n) is 5.18. The fraction of sp³-hybridized carbons (Fsp3) is 0.357. The molecular formula is C14H14N4OS. The fourth-order valence-corrected chi connectivity index (χ4v) is 3.39. The lowest BCUT2D eigenvalue weighted by atomic mass is 10.0. The van der Waals surface area contributed by atoms with Crippen molar-refractivity contribution in [3.05, 3.63) is 29.6 Å². The Kier molecular flexibility index (Phi) is 2.78. The predicted molar refractivity (Wildman–Crippen MR) is 77.4 cm³/mol. The second kappa shape index (κ2) is 4.64.